The van der Waals surface area contributed by atoms with Crippen LogP contribution in [0.15, 0.2) is 0 Å². The fourth-order valence-corrected chi connectivity index (χ4v) is 1.66. The molecular weight excluding hydrogens is 192 g/mol. The Morgan fingerprint density at radius 3 is 2.80 bits per heavy atom. The van der Waals surface area contributed by atoms with Gasteiger partial charge < -0.3 is 15.4 Å². The SMILES string of the molecule is CC(C)OCC(=O)N1CCC(C)C(N)C1. The minimum absolute atomic E-state index is 0.0612. The van der Waals surface area contributed by atoms with E-state index in [1.54, 1.807) is 0 Å². The maximum Gasteiger partial charge on any atom is 0.248 e. The molecule has 15 heavy (non-hydrogen) atoms. The molecule has 0 aliphatic carbocycles. The zero-order chi connectivity index (χ0) is 11.4. The second-order valence-corrected chi connectivity index (χ2v) is 4.63. The molecule has 2 unspecified atom stereocenters. The van der Waals surface area contributed by atoms with E-state index < -0.39 is 0 Å². The molecule has 0 aromatic heterocycles. The number of carbonyl (C=O) groups is 1. The molecule has 1 rings (SSSR count). The molecule has 1 heterocycles. The fraction of sp³-hybridized carbons (Fsp3) is 0.909. The first kappa shape index (κ1) is 12.5. The number of piperidine rings is 1. The number of hydrogen-bond donors (Lipinski definition) is 1. The Bertz CT molecular complexity index is 219. The molecular formula is C11H22N2O2. The third kappa shape index (κ3) is 3.80. The number of ether oxygens (including phenoxy) is 1. The van der Waals surface area contributed by atoms with Gasteiger partial charge in [0.1, 0.15) is 6.61 Å². The molecule has 0 bridgehead atoms. The minimum atomic E-state index is 0.0612. The van der Waals surface area contributed by atoms with Gasteiger partial charge in [-0.1, -0.05) is 6.92 Å². The van der Waals surface area contributed by atoms with Gasteiger partial charge in [-0.3, -0.25) is 4.79 Å². The molecule has 0 aromatic carbocycles. The van der Waals surface area contributed by atoms with Crippen LogP contribution in [0.25, 0.3) is 0 Å². The zero-order valence-corrected chi connectivity index (χ0v) is 9.90. The van der Waals surface area contributed by atoms with Gasteiger partial charge >= 0.3 is 0 Å². The number of rotatable bonds is 3. The molecule has 1 amide bonds. The van der Waals surface area contributed by atoms with Crippen molar-refractivity contribution in [3.8, 4) is 0 Å². The molecule has 0 spiro atoms. The number of nitrogens with two attached hydrogens (primary N) is 1. The Balaban J connectivity index is 2.34. The van der Waals surface area contributed by atoms with E-state index in [1.807, 2.05) is 18.7 Å². The molecule has 1 aliphatic heterocycles. The number of amides is 1. The quantitative estimate of drug-likeness (QED) is 0.749. The van der Waals surface area contributed by atoms with Crippen molar-refractivity contribution < 1.29 is 9.53 Å². The van der Waals surface area contributed by atoms with Crippen LogP contribution in [0.2, 0.25) is 0 Å². The van der Waals surface area contributed by atoms with Crippen molar-refractivity contribution in [2.75, 3.05) is 19.7 Å². The van der Waals surface area contributed by atoms with E-state index in [1.165, 1.54) is 0 Å². The summed E-state index contributed by atoms with van der Waals surface area (Å²) < 4.78 is 5.29. The Morgan fingerprint density at radius 2 is 2.27 bits per heavy atom. The molecule has 4 nitrogen and oxygen atoms in total. The third-order valence-electron chi connectivity index (χ3n) is 2.91. The highest BCUT2D eigenvalue weighted by Gasteiger charge is 2.26. The summed E-state index contributed by atoms with van der Waals surface area (Å²) in [6.07, 6.45) is 1.10. The van der Waals surface area contributed by atoms with Gasteiger partial charge in [-0.15, -0.1) is 0 Å². The number of nitrogens with zero attached hydrogens (tertiary/aromatic N) is 1. The van der Waals surface area contributed by atoms with Crippen LogP contribution >= 0.6 is 0 Å². The fourth-order valence-electron chi connectivity index (χ4n) is 1.66. The van der Waals surface area contributed by atoms with Crippen LogP contribution in [0.1, 0.15) is 27.2 Å². The Hall–Kier alpha value is -0.610. The summed E-state index contributed by atoms with van der Waals surface area (Å²) in [5, 5.41) is 0. The summed E-state index contributed by atoms with van der Waals surface area (Å²) in [7, 11) is 0. The van der Waals surface area contributed by atoms with Crippen molar-refractivity contribution in [3.63, 3.8) is 0 Å². The number of carbonyl (C=O) groups excluding carboxylic acids is 1. The summed E-state index contributed by atoms with van der Waals surface area (Å²) >= 11 is 0. The average Bonchev–Trinajstić information content (AvgIpc) is 2.18. The Morgan fingerprint density at radius 1 is 1.60 bits per heavy atom. The van der Waals surface area contributed by atoms with Gasteiger partial charge in [-0.05, 0) is 26.2 Å². The van der Waals surface area contributed by atoms with Crippen LogP contribution in [0.4, 0.5) is 0 Å². The van der Waals surface area contributed by atoms with Crippen LogP contribution < -0.4 is 5.73 Å². The van der Waals surface area contributed by atoms with Gasteiger partial charge in [0, 0.05) is 19.1 Å². The van der Waals surface area contributed by atoms with Crippen molar-refractivity contribution in [1.29, 1.82) is 0 Å². The normalized spacial score (nSPS) is 27.1. The lowest BCUT2D eigenvalue weighted by Crippen LogP contribution is -2.50. The van der Waals surface area contributed by atoms with E-state index in [9.17, 15) is 4.79 Å². The van der Waals surface area contributed by atoms with Crippen molar-refractivity contribution >= 4 is 5.91 Å². The average molecular weight is 214 g/mol. The molecule has 0 saturated carbocycles. The third-order valence-corrected chi connectivity index (χ3v) is 2.91. The molecule has 2 atom stereocenters. The summed E-state index contributed by atoms with van der Waals surface area (Å²) in [5.74, 6) is 0.575. The first-order valence-electron chi connectivity index (χ1n) is 5.65. The molecule has 1 fully saturated rings. The molecule has 1 saturated heterocycles. The second kappa shape index (κ2) is 5.47. The Kier molecular flexibility index (Phi) is 4.54. The number of likely N-dealkylation sites (tertiary alicyclic amines) is 1. The van der Waals surface area contributed by atoms with Gasteiger partial charge in [-0.2, -0.15) is 0 Å². The molecule has 1 aliphatic rings. The maximum absolute atomic E-state index is 11.7. The minimum Gasteiger partial charge on any atom is -0.369 e. The van der Waals surface area contributed by atoms with Gasteiger partial charge in [0.25, 0.3) is 0 Å². The number of hydrogen-bond acceptors (Lipinski definition) is 3. The second-order valence-electron chi connectivity index (χ2n) is 4.63. The van der Waals surface area contributed by atoms with Crippen LogP contribution in [-0.4, -0.2) is 42.6 Å². The lowest BCUT2D eigenvalue weighted by atomic mass is 9.94. The van der Waals surface area contributed by atoms with Gasteiger partial charge in [0.2, 0.25) is 5.91 Å². The maximum atomic E-state index is 11.7. The highest BCUT2D eigenvalue weighted by atomic mass is 16.5. The first-order chi connectivity index (χ1) is 7.00. The van der Waals surface area contributed by atoms with Crippen LogP contribution in [0.5, 0.6) is 0 Å². The standard InChI is InChI=1S/C11H22N2O2/c1-8(2)15-7-11(14)13-5-4-9(3)10(12)6-13/h8-10H,4-7,12H2,1-3H3. The van der Waals surface area contributed by atoms with Crippen molar-refractivity contribution in [2.45, 2.75) is 39.3 Å². The summed E-state index contributed by atoms with van der Waals surface area (Å²) in [6.45, 7) is 7.65. The summed E-state index contributed by atoms with van der Waals surface area (Å²) in [6, 6.07) is 0.113. The monoisotopic (exact) mass is 214 g/mol. The highest BCUT2D eigenvalue weighted by Crippen LogP contribution is 2.15. The molecule has 88 valence electrons. The van der Waals surface area contributed by atoms with E-state index >= 15 is 0 Å². The zero-order valence-electron chi connectivity index (χ0n) is 9.90. The van der Waals surface area contributed by atoms with Gasteiger partial charge in [-0.25, -0.2) is 0 Å². The van der Waals surface area contributed by atoms with Crippen molar-refractivity contribution in [1.82, 2.24) is 4.90 Å². The predicted octanol–water partition coefficient (Wildman–Crippen LogP) is 0.607. The first-order valence-corrected chi connectivity index (χ1v) is 5.65. The Labute approximate surface area is 91.8 Å². The lowest BCUT2D eigenvalue weighted by Gasteiger charge is -2.35. The van der Waals surface area contributed by atoms with Gasteiger partial charge in [0.15, 0.2) is 0 Å². The van der Waals surface area contributed by atoms with E-state index in [0.717, 1.165) is 13.0 Å². The van der Waals surface area contributed by atoms with Crippen LogP contribution in [-0.2, 0) is 9.53 Å². The topological polar surface area (TPSA) is 55.6 Å². The van der Waals surface area contributed by atoms with Crippen molar-refractivity contribution in [3.05, 3.63) is 0 Å². The summed E-state index contributed by atoms with van der Waals surface area (Å²) in [4.78, 5) is 13.5. The van der Waals surface area contributed by atoms with Crippen LogP contribution in [0, 0.1) is 5.92 Å². The molecule has 0 aromatic rings. The summed E-state index contributed by atoms with van der Waals surface area (Å²) in [5.41, 5.74) is 5.93. The van der Waals surface area contributed by atoms with Gasteiger partial charge in [0.05, 0.1) is 6.10 Å². The largest absolute Gasteiger partial charge is 0.369 e. The predicted molar refractivity (Wildman–Crippen MR) is 59.4 cm³/mol. The lowest BCUT2D eigenvalue weighted by molar-refractivity contribution is -0.139. The van der Waals surface area contributed by atoms with E-state index in [-0.39, 0.29) is 24.7 Å². The molecule has 0 radical (unpaired) electrons. The molecule has 4 heteroatoms. The van der Waals surface area contributed by atoms with E-state index in [0.29, 0.717) is 12.5 Å². The van der Waals surface area contributed by atoms with E-state index in [2.05, 4.69) is 6.92 Å². The van der Waals surface area contributed by atoms with Crippen molar-refractivity contribution in [2.24, 2.45) is 11.7 Å². The highest BCUT2D eigenvalue weighted by molar-refractivity contribution is 5.77. The van der Waals surface area contributed by atoms with Crippen LogP contribution in [0.3, 0.4) is 0 Å². The molecule has 2 N–H and O–H groups in total. The smallest absolute Gasteiger partial charge is 0.248 e. The van der Waals surface area contributed by atoms with E-state index in [4.69, 9.17) is 10.5 Å².